The minimum atomic E-state index is -1.75. The van der Waals surface area contributed by atoms with Crippen LogP contribution in [0.5, 0.6) is 0 Å². The van der Waals surface area contributed by atoms with Gasteiger partial charge in [0.1, 0.15) is 5.16 Å². The van der Waals surface area contributed by atoms with Crippen molar-refractivity contribution in [1.29, 1.82) is 0 Å². The lowest BCUT2D eigenvalue weighted by molar-refractivity contribution is 0.372. The Morgan fingerprint density at radius 3 is 1.22 bits per heavy atom. The number of hydrogen-bond donors (Lipinski definition) is 1. The molecule has 0 saturated carbocycles. The lowest BCUT2D eigenvalue weighted by Crippen LogP contribution is -2.27. The van der Waals surface area contributed by atoms with E-state index >= 15 is 0 Å². The van der Waals surface area contributed by atoms with Crippen LogP contribution in [-0.4, -0.2) is 12.0 Å². The molecular weight excluding hydrogens is 303 g/mol. The van der Waals surface area contributed by atoms with E-state index in [4.69, 9.17) is 4.52 Å². The lowest BCUT2D eigenvalue weighted by Gasteiger charge is -2.37. The van der Waals surface area contributed by atoms with Gasteiger partial charge in [-0.1, -0.05) is 91.0 Å². The molecule has 3 rings (SSSR count). The van der Waals surface area contributed by atoms with Crippen LogP contribution in [0.2, 0.25) is 0 Å². The van der Waals surface area contributed by atoms with E-state index in [2.05, 4.69) is 0 Å². The molecule has 116 valence electrons. The minimum absolute atomic E-state index is 0.714. The van der Waals surface area contributed by atoms with Crippen molar-refractivity contribution < 1.29 is 9.42 Å². The summed E-state index contributed by atoms with van der Waals surface area (Å²) in [6, 6.07) is 30.2. The van der Waals surface area contributed by atoms with Crippen molar-refractivity contribution >= 4 is 8.38 Å². The largest absolute Gasteiger partial charge is 0.349 e. The first-order valence-corrected chi connectivity index (χ1v) is 8.71. The molecule has 3 aromatic rings. The average molecular weight is 322 g/mol. The molecule has 0 aromatic heterocycles. The van der Waals surface area contributed by atoms with Crippen molar-refractivity contribution in [2.45, 2.75) is 5.16 Å². The zero-order valence-electron chi connectivity index (χ0n) is 13.0. The van der Waals surface area contributed by atoms with Gasteiger partial charge >= 0.3 is 0 Å². The fraction of sp³-hybridized carbons (Fsp3) is 0.100. The fourth-order valence-electron chi connectivity index (χ4n) is 3.01. The van der Waals surface area contributed by atoms with E-state index in [9.17, 15) is 4.89 Å². The van der Waals surface area contributed by atoms with Gasteiger partial charge in [0, 0.05) is 7.11 Å². The van der Waals surface area contributed by atoms with Crippen LogP contribution in [0.15, 0.2) is 91.0 Å². The Morgan fingerprint density at radius 1 is 0.652 bits per heavy atom. The van der Waals surface area contributed by atoms with Crippen LogP contribution in [0.25, 0.3) is 0 Å². The number of rotatable bonds is 5. The first-order chi connectivity index (χ1) is 11.3. The smallest absolute Gasteiger partial charge is 0.188 e. The summed E-state index contributed by atoms with van der Waals surface area (Å²) in [5, 5.41) is -0.714. The van der Waals surface area contributed by atoms with E-state index < -0.39 is 13.5 Å². The lowest BCUT2D eigenvalue weighted by atomic mass is 9.84. The average Bonchev–Trinajstić information content (AvgIpc) is 2.65. The van der Waals surface area contributed by atoms with Crippen LogP contribution in [0.3, 0.4) is 0 Å². The Bertz CT molecular complexity index is 633. The van der Waals surface area contributed by atoms with Crippen LogP contribution in [0, 0.1) is 0 Å². The second-order valence-corrected chi connectivity index (χ2v) is 6.85. The SMILES string of the molecule is COP(O)C(c1ccccc1)(c1ccccc1)c1ccccc1. The third-order valence-corrected chi connectivity index (χ3v) is 5.73. The molecule has 0 aliphatic carbocycles. The van der Waals surface area contributed by atoms with Gasteiger partial charge in [-0.25, -0.2) is 0 Å². The fourth-order valence-corrected chi connectivity index (χ4v) is 4.39. The van der Waals surface area contributed by atoms with Gasteiger partial charge in [-0.2, -0.15) is 0 Å². The number of benzene rings is 3. The third kappa shape index (κ3) is 2.82. The zero-order chi connectivity index (χ0) is 16.1. The van der Waals surface area contributed by atoms with E-state index in [0.717, 1.165) is 16.7 Å². The first-order valence-electron chi connectivity index (χ1n) is 7.50. The van der Waals surface area contributed by atoms with Gasteiger partial charge in [-0.15, -0.1) is 0 Å². The molecule has 0 fully saturated rings. The molecule has 2 nitrogen and oxygen atoms in total. The quantitative estimate of drug-likeness (QED) is 0.533. The maximum absolute atomic E-state index is 11.0. The normalized spacial score (nSPS) is 12.8. The maximum Gasteiger partial charge on any atom is 0.188 e. The third-order valence-electron chi connectivity index (χ3n) is 4.03. The molecule has 1 unspecified atom stereocenters. The van der Waals surface area contributed by atoms with Gasteiger partial charge in [0.25, 0.3) is 0 Å². The van der Waals surface area contributed by atoms with Crippen molar-refractivity contribution in [2.24, 2.45) is 0 Å². The second kappa shape index (κ2) is 7.06. The molecule has 23 heavy (non-hydrogen) atoms. The van der Waals surface area contributed by atoms with E-state index in [0.29, 0.717) is 0 Å². The monoisotopic (exact) mass is 322 g/mol. The Hall–Kier alpha value is -1.99. The van der Waals surface area contributed by atoms with Gasteiger partial charge in [0.15, 0.2) is 8.38 Å². The zero-order valence-corrected chi connectivity index (χ0v) is 13.9. The maximum atomic E-state index is 11.0. The summed E-state index contributed by atoms with van der Waals surface area (Å²) in [6.07, 6.45) is 0. The van der Waals surface area contributed by atoms with Gasteiger partial charge < -0.3 is 9.42 Å². The predicted molar refractivity (Wildman–Crippen MR) is 95.4 cm³/mol. The van der Waals surface area contributed by atoms with Crippen molar-refractivity contribution in [3.05, 3.63) is 108 Å². The Morgan fingerprint density at radius 2 is 0.957 bits per heavy atom. The summed E-state index contributed by atoms with van der Waals surface area (Å²) in [5.74, 6) is 0. The molecule has 0 aliphatic heterocycles. The van der Waals surface area contributed by atoms with Gasteiger partial charge in [-0.3, -0.25) is 0 Å². The van der Waals surface area contributed by atoms with Crippen LogP contribution in [-0.2, 0) is 9.68 Å². The van der Waals surface area contributed by atoms with E-state index in [1.807, 2.05) is 91.0 Å². The van der Waals surface area contributed by atoms with Gasteiger partial charge in [-0.05, 0) is 16.7 Å². The van der Waals surface area contributed by atoms with Gasteiger partial charge in [0.05, 0.1) is 0 Å². The summed E-state index contributed by atoms with van der Waals surface area (Å²) in [7, 11) is -0.190. The van der Waals surface area contributed by atoms with Crippen molar-refractivity contribution in [3.63, 3.8) is 0 Å². The van der Waals surface area contributed by atoms with E-state index in [1.54, 1.807) is 7.11 Å². The molecule has 0 radical (unpaired) electrons. The predicted octanol–water partition coefficient (Wildman–Crippen LogP) is 4.93. The standard InChI is InChI=1S/C20H19O2P/c1-22-23(21)20(17-11-5-2-6-12-17,18-13-7-3-8-14-18)19-15-9-4-10-16-19/h2-16,21H,1H3. The Kier molecular flexibility index (Phi) is 4.88. The highest BCUT2D eigenvalue weighted by Crippen LogP contribution is 2.61. The molecule has 1 N–H and O–H groups in total. The molecule has 0 aliphatic rings. The van der Waals surface area contributed by atoms with Crippen LogP contribution < -0.4 is 0 Å². The molecule has 0 heterocycles. The van der Waals surface area contributed by atoms with Gasteiger partial charge in [0.2, 0.25) is 0 Å². The molecule has 3 heteroatoms. The topological polar surface area (TPSA) is 29.5 Å². The van der Waals surface area contributed by atoms with Crippen molar-refractivity contribution in [3.8, 4) is 0 Å². The van der Waals surface area contributed by atoms with Crippen LogP contribution in [0.1, 0.15) is 16.7 Å². The van der Waals surface area contributed by atoms with Crippen LogP contribution >= 0.6 is 8.38 Å². The van der Waals surface area contributed by atoms with Crippen molar-refractivity contribution in [1.82, 2.24) is 0 Å². The molecule has 1 atom stereocenters. The Balaban J connectivity index is 2.35. The number of hydrogen-bond acceptors (Lipinski definition) is 2. The van der Waals surface area contributed by atoms with Crippen LogP contribution in [0.4, 0.5) is 0 Å². The summed E-state index contributed by atoms with van der Waals surface area (Å²) in [6.45, 7) is 0. The summed E-state index contributed by atoms with van der Waals surface area (Å²) < 4.78 is 5.50. The highest BCUT2D eigenvalue weighted by molar-refractivity contribution is 7.48. The minimum Gasteiger partial charge on any atom is -0.349 e. The molecule has 0 bridgehead atoms. The summed E-state index contributed by atoms with van der Waals surface area (Å²) in [4.78, 5) is 11.0. The highest BCUT2D eigenvalue weighted by Gasteiger charge is 2.44. The van der Waals surface area contributed by atoms with E-state index in [1.165, 1.54) is 0 Å². The summed E-state index contributed by atoms with van der Waals surface area (Å²) >= 11 is 0. The molecule has 3 aromatic carbocycles. The Labute approximate surface area is 138 Å². The second-order valence-electron chi connectivity index (χ2n) is 5.26. The highest BCUT2D eigenvalue weighted by atomic mass is 31.2. The molecule has 0 spiro atoms. The molecular formula is C20H19O2P. The summed E-state index contributed by atoms with van der Waals surface area (Å²) in [5.41, 5.74) is 3.06. The van der Waals surface area contributed by atoms with Crippen molar-refractivity contribution in [2.75, 3.05) is 7.11 Å². The van der Waals surface area contributed by atoms with E-state index in [-0.39, 0.29) is 0 Å². The molecule has 0 saturated heterocycles. The first kappa shape index (κ1) is 15.9. The molecule has 0 amide bonds.